The summed E-state index contributed by atoms with van der Waals surface area (Å²) < 4.78 is 36.6. The molecule has 0 atom stereocenters. The van der Waals surface area contributed by atoms with Crippen LogP contribution in [0, 0.1) is 18.7 Å². The van der Waals surface area contributed by atoms with E-state index in [1.165, 1.54) is 11.8 Å². The third-order valence-electron chi connectivity index (χ3n) is 3.43. The molecule has 1 aliphatic rings. The molecule has 1 aromatic rings. The molecule has 1 fully saturated rings. The summed E-state index contributed by atoms with van der Waals surface area (Å²) in [6.45, 7) is 1.91. The summed E-state index contributed by atoms with van der Waals surface area (Å²) >= 11 is 0. The molecular weight excluding hydrogens is 283 g/mol. The lowest BCUT2D eigenvalue weighted by Crippen LogP contribution is -2.29. The maximum absolute atomic E-state index is 13.8. The normalized spacial score (nSPS) is 15.2. The second-order valence-corrected chi connectivity index (χ2v) is 6.79. The van der Waals surface area contributed by atoms with Crippen LogP contribution in [0.1, 0.15) is 28.8 Å². The van der Waals surface area contributed by atoms with Gasteiger partial charge in [0.15, 0.2) is 0 Å². The fourth-order valence-corrected chi connectivity index (χ4v) is 2.88. The number of halogens is 1. The van der Waals surface area contributed by atoms with E-state index in [9.17, 15) is 17.6 Å². The van der Waals surface area contributed by atoms with Gasteiger partial charge in [-0.2, -0.15) is 0 Å². The molecule has 2 rings (SSSR count). The van der Waals surface area contributed by atoms with Gasteiger partial charge in [-0.15, -0.1) is 0 Å². The number of nitrogens with zero attached hydrogens (tertiary/aromatic N) is 1. The van der Waals surface area contributed by atoms with Crippen molar-refractivity contribution < 1.29 is 17.6 Å². The Kier molecular flexibility index (Phi) is 3.84. The van der Waals surface area contributed by atoms with Gasteiger partial charge in [-0.25, -0.2) is 17.9 Å². The highest BCUT2D eigenvalue weighted by atomic mass is 32.2. The minimum Gasteiger partial charge on any atom is -0.341 e. The quantitative estimate of drug-likeness (QED) is 0.909. The first-order chi connectivity index (χ1) is 9.20. The van der Waals surface area contributed by atoms with E-state index in [2.05, 4.69) is 0 Å². The maximum atomic E-state index is 13.8. The molecule has 0 bridgehead atoms. The molecule has 1 saturated carbocycles. The standard InChI is InChI=1S/C13H17FN2O3S/c1-8-11(14)5-10(6-12(8)20(15,18)19)13(17)16(2)7-9-3-4-9/h5-6,9H,3-4,7H2,1-2H3,(H2,15,18,19). The summed E-state index contributed by atoms with van der Waals surface area (Å²) in [5.74, 6) is -0.655. The molecule has 0 aliphatic heterocycles. The molecule has 2 N–H and O–H groups in total. The minimum absolute atomic E-state index is 0.000255. The number of sulfonamides is 1. The van der Waals surface area contributed by atoms with Crippen LogP contribution in [0.5, 0.6) is 0 Å². The lowest BCUT2D eigenvalue weighted by molar-refractivity contribution is 0.0788. The van der Waals surface area contributed by atoms with E-state index in [0.717, 1.165) is 25.0 Å². The largest absolute Gasteiger partial charge is 0.341 e. The Bertz CT molecular complexity index is 654. The molecule has 1 amide bonds. The number of hydrogen-bond acceptors (Lipinski definition) is 3. The maximum Gasteiger partial charge on any atom is 0.253 e. The van der Waals surface area contributed by atoms with Crippen LogP contribution in [-0.2, 0) is 10.0 Å². The molecule has 20 heavy (non-hydrogen) atoms. The Morgan fingerprint density at radius 3 is 2.55 bits per heavy atom. The number of primary sulfonamides is 1. The fourth-order valence-electron chi connectivity index (χ4n) is 2.06. The number of carbonyl (C=O) groups excluding carboxylic acids is 1. The van der Waals surface area contributed by atoms with Gasteiger partial charge >= 0.3 is 0 Å². The zero-order chi connectivity index (χ0) is 15.1. The molecule has 0 heterocycles. The van der Waals surface area contributed by atoms with Crippen molar-refractivity contribution in [3.05, 3.63) is 29.1 Å². The summed E-state index contributed by atoms with van der Waals surface area (Å²) in [5.41, 5.74) is -0.0748. The molecule has 7 heteroatoms. The molecule has 0 saturated heterocycles. The smallest absolute Gasteiger partial charge is 0.253 e. The zero-order valence-electron chi connectivity index (χ0n) is 11.4. The Hall–Kier alpha value is -1.47. The van der Waals surface area contributed by atoms with Crippen molar-refractivity contribution in [1.82, 2.24) is 4.90 Å². The molecule has 0 unspecified atom stereocenters. The number of rotatable bonds is 4. The van der Waals surface area contributed by atoms with Crippen LogP contribution in [-0.4, -0.2) is 32.8 Å². The summed E-state index contributed by atoms with van der Waals surface area (Å²) in [5, 5.41) is 5.04. The summed E-state index contributed by atoms with van der Waals surface area (Å²) in [4.78, 5) is 13.3. The topological polar surface area (TPSA) is 80.5 Å². The van der Waals surface area contributed by atoms with E-state index in [0.29, 0.717) is 12.5 Å². The van der Waals surface area contributed by atoms with E-state index >= 15 is 0 Å². The van der Waals surface area contributed by atoms with Gasteiger partial charge < -0.3 is 4.90 Å². The monoisotopic (exact) mass is 300 g/mol. The third kappa shape index (κ3) is 3.16. The SMILES string of the molecule is Cc1c(F)cc(C(=O)N(C)CC2CC2)cc1S(N)(=O)=O. The van der Waals surface area contributed by atoms with Gasteiger partial charge in [-0.1, -0.05) is 0 Å². The van der Waals surface area contributed by atoms with Crippen LogP contribution in [0.25, 0.3) is 0 Å². The molecule has 1 aliphatic carbocycles. The number of carbonyl (C=O) groups is 1. The average molecular weight is 300 g/mol. The Balaban J connectivity index is 2.36. The number of amides is 1. The van der Waals surface area contributed by atoms with Crippen LogP contribution in [0.4, 0.5) is 4.39 Å². The van der Waals surface area contributed by atoms with Crippen LogP contribution in [0.15, 0.2) is 17.0 Å². The highest BCUT2D eigenvalue weighted by Crippen LogP contribution is 2.30. The first kappa shape index (κ1) is 14.9. The van der Waals surface area contributed by atoms with Crippen LogP contribution >= 0.6 is 0 Å². The lowest BCUT2D eigenvalue weighted by Gasteiger charge is -2.17. The van der Waals surface area contributed by atoms with Crippen molar-refractivity contribution in [2.75, 3.05) is 13.6 Å². The Morgan fingerprint density at radius 1 is 1.45 bits per heavy atom. The highest BCUT2D eigenvalue weighted by Gasteiger charge is 2.26. The molecule has 1 aromatic carbocycles. The average Bonchev–Trinajstić information content (AvgIpc) is 3.13. The minimum atomic E-state index is -4.06. The zero-order valence-corrected chi connectivity index (χ0v) is 12.2. The van der Waals surface area contributed by atoms with Gasteiger partial charge in [-0.05, 0) is 37.8 Å². The fraction of sp³-hybridized carbons (Fsp3) is 0.462. The van der Waals surface area contributed by atoms with Crippen LogP contribution < -0.4 is 5.14 Å². The van der Waals surface area contributed by atoms with Crippen LogP contribution in [0.3, 0.4) is 0 Å². The summed E-state index contributed by atoms with van der Waals surface area (Å²) in [7, 11) is -2.44. The van der Waals surface area contributed by atoms with Gasteiger partial charge in [0.2, 0.25) is 10.0 Å². The predicted molar refractivity (Wildman–Crippen MR) is 72.2 cm³/mol. The van der Waals surface area contributed by atoms with Crippen molar-refractivity contribution in [2.45, 2.75) is 24.7 Å². The second kappa shape index (κ2) is 5.14. The van der Waals surface area contributed by atoms with Crippen molar-refractivity contribution in [3.8, 4) is 0 Å². The summed E-state index contributed by atoms with van der Waals surface area (Å²) in [6.07, 6.45) is 2.17. The first-order valence-corrected chi connectivity index (χ1v) is 7.83. The van der Waals surface area contributed by atoms with E-state index in [1.54, 1.807) is 7.05 Å². The Labute approximate surface area is 117 Å². The van der Waals surface area contributed by atoms with Crippen LogP contribution in [0.2, 0.25) is 0 Å². The third-order valence-corrected chi connectivity index (χ3v) is 4.46. The number of benzene rings is 1. The van der Waals surface area contributed by atoms with Crippen molar-refractivity contribution in [3.63, 3.8) is 0 Å². The number of nitrogens with two attached hydrogens (primary N) is 1. The predicted octanol–water partition coefficient (Wildman–Crippen LogP) is 1.26. The van der Waals surface area contributed by atoms with Crippen molar-refractivity contribution in [1.29, 1.82) is 0 Å². The van der Waals surface area contributed by atoms with Gasteiger partial charge in [0.25, 0.3) is 5.91 Å². The van der Waals surface area contributed by atoms with Crippen molar-refractivity contribution in [2.24, 2.45) is 11.1 Å². The van der Waals surface area contributed by atoms with E-state index in [1.807, 2.05) is 0 Å². The molecule has 0 radical (unpaired) electrons. The first-order valence-electron chi connectivity index (χ1n) is 6.28. The highest BCUT2D eigenvalue weighted by molar-refractivity contribution is 7.89. The summed E-state index contributed by atoms with van der Waals surface area (Å²) in [6, 6.07) is 2.19. The van der Waals surface area contributed by atoms with Gasteiger partial charge in [-0.3, -0.25) is 4.79 Å². The lowest BCUT2D eigenvalue weighted by atomic mass is 10.1. The molecule has 0 spiro atoms. The molecule has 5 nitrogen and oxygen atoms in total. The van der Waals surface area contributed by atoms with Crippen molar-refractivity contribution >= 4 is 15.9 Å². The molecule has 0 aromatic heterocycles. The van der Waals surface area contributed by atoms with Gasteiger partial charge in [0.1, 0.15) is 5.82 Å². The van der Waals surface area contributed by atoms with Gasteiger partial charge in [0.05, 0.1) is 4.90 Å². The van der Waals surface area contributed by atoms with Gasteiger partial charge in [0, 0.05) is 24.7 Å². The second-order valence-electron chi connectivity index (χ2n) is 5.26. The van der Waals surface area contributed by atoms with E-state index in [4.69, 9.17) is 5.14 Å². The van der Waals surface area contributed by atoms with E-state index in [-0.39, 0.29) is 16.0 Å². The van der Waals surface area contributed by atoms with E-state index < -0.39 is 21.7 Å². The number of hydrogen-bond donors (Lipinski definition) is 1. The molecule has 110 valence electrons. The Morgan fingerprint density at radius 2 is 2.05 bits per heavy atom. The molecular formula is C13H17FN2O3S.